The van der Waals surface area contributed by atoms with E-state index in [4.69, 9.17) is 9.68 Å². The Morgan fingerprint density at radius 3 is 2.70 bits per heavy atom. The van der Waals surface area contributed by atoms with Crippen LogP contribution in [0.2, 0.25) is 0 Å². The highest BCUT2D eigenvalue weighted by atomic mass is 19.4. The molecule has 0 N–H and O–H groups in total. The Balaban J connectivity index is 2.37. The van der Waals surface area contributed by atoms with Gasteiger partial charge in [-0.05, 0) is 18.2 Å². The number of alkyl halides is 3. The van der Waals surface area contributed by atoms with E-state index < -0.39 is 23.5 Å². The molecule has 0 spiro atoms. The summed E-state index contributed by atoms with van der Waals surface area (Å²) in [5.74, 6) is -0.353. The van der Waals surface area contributed by atoms with Gasteiger partial charge in [0.05, 0.1) is 5.56 Å². The third-order valence-electron chi connectivity index (χ3n) is 2.60. The highest BCUT2D eigenvalue weighted by Crippen LogP contribution is 2.31. The van der Waals surface area contributed by atoms with Crippen LogP contribution in [0, 0.1) is 11.3 Å². The van der Waals surface area contributed by atoms with Crippen LogP contribution in [0.4, 0.5) is 18.0 Å². The van der Waals surface area contributed by atoms with Gasteiger partial charge in [0.15, 0.2) is 5.58 Å². The van der Waals surface area contributed by atoms with Crippen LogP contribution in [0.3, 0.4) is 0 Å². The SMILES string of the molecule is CN(C)C(=O)O/N=C(\C#N)c1nc2ccc(C(F)(F)F)cc2o1. The Morgan fingerprint density at radius 1 is 1.43 bits per heavy atom. The second-order valence-corrected chi connectivity index (χ2v) is 4.50. The lowest BCUT2D eigenvalue weighted by molar-refractivity contribution is -0.137. The average molecular weight is 326 g/mol. The third kappa shape index (κ3) is 3.57. The molecule has 0 radical (unpaired) electrons. The van der Waals surface area contributed by atoms with Crippen LogP contribution in [0.5, 0.6) is 0 Å². The maximum Gasteiger partial charge on any atom is 0.435 e. The lowest BCUT2D eigenvalue weighted by atomic mass is 10.2. The molecule has 1 heterocycles. The van der Waals surface area contributed by atoms with E-state index in [9.17, 15) is 18.0 Å². The number of fused-ring (bicyclic) bond motifs is 1. The molecular weight excluding hydrogens is 317 g/mol. The van der Waals surface area contributed by atoms with Crippen molar-refractivity contribution in [2.75, 3.05) is 14.1 Å². The topological polar surface area (TPSA) is 91.7 Å². The number of hydrogen-bond donors (Lipinski definition) is 0. The van der Waals surface area contributed by atoms with Crippen molar-refractivity contribution in [2.24, 2.45) is 5.16 Å². The Bertz CT molecular complexity index is 818. The number of amides is 1. The number of aromatic nitrogens is 1. The molecule has 0 unspecified atom stereocenters. The number of halogens is 3. The molecule has 120 valence electrons. The molecule has 0 fully saturated rings. The molecule has 1 aromatic heterocycles. The molecule has 1 aromatic carbocycles. The van der Waals surface area contributed by atoms with Crippen molar-refractivity contribution in [3.05, 3.63) is 29.7 Å². The molecule has 2 rings (SSSR count). The minimum absolute atomic E-state index is 0.106. The first-order valence-electron chi connectivity index (χ1n) is 6.07. The van der Waals surface area contributed by atoms with E-state index in [0.717, 1.165) is 23.1 Å². The van der Waals surface area contributed by atoms with Crippen LogP contribution in [0.25, 0.3) is 11.1 Å². The Kier molecular flexibility index (Phi) is 4.22. The molecule has 0 aliphatic carbocycles. The molecule has 0 atom stereocenters. The van der Waals surface area contributed by atoms with E-state index in [1.165, 1.54) is 14.1 Å². The van der Waals surface area contributed by atoms with Crippen LogP contribution in [0.1, 0.15) is 11.5 Å². The Hall–Kier alpha value is -3.09. The van der Waals surface area contributed by atoms with Gasteiger partial charge < -0.3 is 9.32 Å². The number of nitrogens with zero attached hydrogens (tertiary/aromatic N) is 4. The normalized spacial score (nSPS) is 12.1. The van der Waals surface area contributed by atoms with E-state index in [1.807, 2.05) is 0 Å². The molecule has 0 saturated heterocycles. The van der Waals surface area contributed by atoms with Gasteiger partial charge in [0.2, 0.25) is 5.71 Å². The fraction of sp³-hybridized carbons (Fsp3) is 0.231. The van der Waals surface area contributed by atoms with Crippen molar-refractivity contribution in [1.29, 1.82) is 5.26 Å². The number of benzene rings is 1. The highest BCUT2D eigenvalue weighted by molar-refractivity contribution is 6.09. The van der Waals surface area contributed by atoms with Crippen molar-refractivity contribution < 1.29 is 27.2 Å². The van der Waals surface area contributed by atoms with Crippen molar-refractivity contribution in [1.82, 2.24) is 9.88 Å². The van der Waals surface area contributed by atoms with Gasteiger partial charge in [-0.3, -0.25) is 4.84 Å². The van der Waals surface area contributed by atoms with Crippen LogP contribution >= 0.6 is 0 Å². The first-order chi connectivity index (χ1) is 10.7. The van der Waals surface area contributed by atoms with Crippen LogP contribution in [-0.4, -0.2) is 35.8 Å². The van der Waals surface area contributed by atoms with Gasteiger partial charge in [0.1, 0.15) is 11.6 Å². The number of oxazole rings is 1. The minimum Gasteiger partial charge on any atom is -0.434 e. The van der Waals surface area contributed by atoms with Crippen molar-refractivity contribution in [3.8, 4) is 6.07 Å². The second kappa shape index (κ2) is 5.96. The molecule has 7 nitrogen and oxygen atoms in total. The third-order valence-corrected chi connectivity index (χ3v) is 2.60. The second-order valence-electron chi connectivity index (χ2n) is 4.50. The van der Waals surface area contributed by atoms with Gasteiger partial charge in [-0.1, -0.05) is 5.16 Å². The molecule has 23 heavy (non-hydrogen) atoms. The number of nitriles is 1. The summed E-state index contributed by atoms with van der Waals surface area (Å²) in [5, 5.41) is 12.3. The summed E-state index contributed by atoms with van der Waals surface area (Å²) < 4.78 is 43.0. The van der Waals surface area contributed by atoms with Gasteiger partial charge in [0, 0.05) is 14.1 Å². The largest absolute Gasteiger partial charge is 0.435 e. The zero-order valence-electron chi connectivity index (χ0n) is 11.9. The van der Waals surface area contributed by atoms with Crippen LogP contribution in [0.15, 0.2) is 27.8 Å². The monoisotopic (exact) mass is 326 g/mol. The average Bonchev–Trinajstić information content (AvgIpc) is 2.89. The van der Waals surface area contributed by atoms with E-state index in [0.29, 0.717) is 0 Å². The van der Waals surface area contributed by atoms with Crippen molar-refractivity contribution in [3.63, 3.8) is 0 Å². The first-order valence-corrected chi connectivity index (χ1v) is 6.07. The summed E-state index contributed by atoms with van der Waals surface area (Å²) in [4.78, 5) is 20.6. The summed E-state index contributed by atoms with van der Waals surface area (Å²) >= 11 is 0. The number of carbonyl (C=O) groups excluding carboxylic acids is 1. The Labute approximate surface area is 127 Å². The number of rotatable bonds is 2. The zero-order chi connectivity index (χ0) is 17.2. The summed E-state index contributed by atoms with van der Waals surface area (Å²) in [6.45, 7) is 0. The number of hydrogen-bond acceptors (Lipinski definition) is 6. The zero-order valence-corrected chi connectivity index (χ0v) is 11.9. The maximum atomic E-state index is 12.6. The van der Waals surface area contributed by atoms with Gasteiger partial charge in [-0.15, -0.1) is 0 Å². The number of carbonyl (C=O) groups is 1. The van der Waals surface area contributed by atoms with E-state index in [1.54, 1.807) is 6.07 Å². The summed E-state index contributed by atoms with van der Waals surface area (Å²) in [5.41, 5.74) is -1.46. The predicted octanol–water partition coefficient (Wildman–Crippen LogP) is 2.77. The first kappa shape index (κ1) is 16.3. The van der Waals surface area contributed by atoms with E-state index in [-0.39, 0.29) is 17.0 Å². The van der Waals surface area contributed by atoms with Gasteiger partial charge in [-0.2, -0.15) is 18.4 Å². The molecule has 0 bridgehead atoms. The quantitative estimate of drug-likeness (QED) is 0.481. The van der Waals surface area contributed by atoms with Gasteiger partial charge in [-0.25, -0.2) is 9.78 Å². The molecule has 0 saturated carbocycles. The fourth-order valence-corrected chi connectivity index (χ4v) is 1.48. The summed E-state index contributed by atoms with van der Waals surface area (Å²) in [6, 6.07) is 4.29. The molecule has 2 aromatic rings. The lowest BCUT2D eigenvalue weighted by Crippen LogP contribution is -2.21. The Morgan fingerprint density at radius 2 is 2.13 bits per heavy atom. The molecule has 10 heteroatoms. The van der Waals surface area contributed by atoms with E-state index in [2.05, 4.69) is 15.0 Å². The van der Waals surface area contributed by atoms with Gasteiger partial charge in [0.25, 0.3) is 5.89 Å². The lowest BCUT2D eigenvalue weighted by Gasteiger charge is -2.05. The van der Waals surface area contributed by atoms with Gasteiger partial charge >= 0.3 is 12.3 Å². The number of oxime groups is 1. The van der Waals surface area contributed by atoms with Crippen molar-refractivity contribution in [2.45, 2.75) is 6.18 Å². The minimum atomic E-state index is -4.53. The highest BCUT2D eigenvalue weighted by Gasteiger charge is 2.31. The summed E-state index contributed by atoms with van der Waals surface area (Å²) in [6.07, 6.45) is -5.37. The molecular formula is C13H9F3N4O3. The predicted molar refractivity (Wildman–Crippen MR) is 71.3 cm³/mol. The smallest absolute Gasteiger partial charge is 0.434 e. The van der Waals surface area contributed by atoms with Crippen LogP contribution < -0.4 is 0 Å². The molecule has 0 aliphatic rings. The fourth-order valence-electron chi connectivity index (χ4n) is 1.48. The summed E-state index contributed by atoms with van der Waals surface area (Å²) in [7, 11) is 2.81. The van der Waals surface area contributed by atoms with E-state index >= 15 is 0 Å². The standard InChI is InChI=1S/C13H9F3N4O3/c1-20(2)12(21)23-19-9(6-17)11-18-8-4-3-7(13(14,15)16)5-10(8)22-11/h3-5H,1-2H3/b19-9+. The molecule has 0 aliphatic heterocycles. The van der Waals surface area contributed by atoms with Crippen LogP contribution in [-0.2, 0) is 11.0 Å². The van der Waals surface area contributed by atoms with Crippen molar-refractivity contribution >= 4 is 22.9 Å². The molecule has 1 amide bonds. The maximum absolute atomic E-state index is 12.6.